The van der Waals surface area contributed by atoms with Crippen molar-refractivity contribution in [2.24, 2.45) is 10.7 Å². The molecular weight excluding hydrogens is 420 g/mol. The molecule has 2 aromatic carbocycles. The fourth-order valence-electron chi connectivity index (χ4n) is 4.10. The van der Waals surface area contributed by atoms with Gasteiger partial charge in [-0.2, -0.15) is 0 Å². The van der Waals surface area contributed by atoms with Crippen molar-refractivity contribution < 1.29 is 26.9 Å². The number of non-ortho nitro benzene ring substituents is 1. The number of sulfone groups is 1. The number of hydrogen-bond donors (Lipinski definition) is 1. The Morgan fingerprint density at radius 2 is 1.90 bits per heavy atom. The number of amidine groups is 1. The van der Waals surface area contributed by atoms with E-state index in [-0.39, 0.29) is 30.2 Å². The molecule has 0 unspecified atom stereocenters. The van der Waals surface area contributed by atoms with Gasteiger partial charge in [0.25, 0.3) is 5.69 Å². The van der Waals surface area contributed by atoms with Crippen LogP contribution in [0, 0.1) is 21.7 Å². The Bertz CT molecular complexity index is 1190. The van der Waals surface area contributed by atoms with Gasteiger partial charge in [-0.15, -0.1) is 0 Å². The van der Waals surface area contributed by atoms with E-state index in [2.05, 4.69) is 4.99 Å². The Morgan fingerprint density at radius 1 is 1.23 bits per heavy atom. The Balaban J connectivity index is 1.99. The maximum Gasteiger partial charge on any atom is 0.270 e. The number of halogens is 2. The molecule has 2 aliphatic rings. The minimum atomic E-state index is -4.21. The summed E-state index contributed by atoms with van der Waals surface area (Å²) in [6, 6.07) is 7.64. The number of nitro groups is 1. The Labute approximate surface area is 170 Å². The Morgan fingerprint density at radius 3 is 2.53 bits per heavy atom. The lowest BCUT2D eigenvalue weighted by atomic mass is 9.87. The second-order valence-electron chi connectivity index (χ2n) is 7.43. The zero-order valence-corrected chi connectivity index (χ0v) is 16.5. The monoisotopic (exact) mass is 437 g/mol. The molecule has 0 aliphatic carbocycles. The van der Waals surface area contributed by atoms with E-state index in [0.717, 1.165) is 30.3 Å². The topological polar surface area (TPSA) is 125 Å². The van der Waals surface area contributed by atoms with Crippen LogP contribution in [0.4, 0.5) is 14.5 Å². The van der Waals surface area contributed by atoms with Crippen LogP contribution in [0.25, 0.3) is 0 Å². The highest BCUT2D eigenvalue weighted by Gasteiger charge is 2.64. The summed E-state index contributed by atoms with van der Waals surface area (Å²) in [4.78, 5) is 14.9. The molecule has 2 N–H and O–H groups in total. The summed E-state index contributed by atoms with van der Waals surface area (Å²) in [7, 11) is -4.21. The van der Waals surface area contributed by atoms with Crippen molar-refractivity contribution in [1.29, 1.82) is 0 Å². The average Bonchev–Trinajstić information content (AvgIpc) is 3.12. The van der Waals surface area contributed by atoms with E-state index in [9.17, 15) is 27.3 Å². The summed E-state index contributed by atoms with van der Waals surface area (Å²) in [5.41, 5.74) is 3.90. The standard InChI is InChI=1S/C19H17F2N3O5S/c1-18(11-2-4-12(20)5-3-11)17(22)23-19(10-29-9-16(19)30(18,27)28)14-8-13(24(25)26)6-7-15(14)21/h2-8,16H,9-10H2,1H3,(H2,22,23)/t16-,18-,19-/m1/s1. The van der Waals surface area contributed by atoms with Gasteiger partial charge >= 0.3 is 0 Å². The summed E-state index contributed by atoms with van der Waals surface area (Å²) in [6.45, 7) is 0.744. The number of benzene rings is 2. The molecule has 30 heavy (non-hydrogen) atoms. The lowest BCUT2D eigenvalue weighted by molar-refractivity contribution is -0.385. The molecule has 2 aromatic rings. The van der Waals surface area contributed by atoms with E-state index in [1.165, 1.54) is 19.1 Å². The maximum atomic E-state index is 14.8. The van der Waals surface area contributed by atoms with Gasteiger partial charge in [0.05, 0.1) is 18.1 Å². The third-order valence-corrected chi connectivity index (χ3v) is 8.76. The number of rotatable bonds is 3. The van der Waals surface area contributed by atoms with Gasteiger partial charge in [0.2, 0.25) is 0 Å². The molecule has 1 saturated heterocycles. The van der Waals surface area contributed by atoms with Gasteiger partial charge in [-0.1, -0.05) is 12.1 Å². The molecule has 0 spiro atoms. The Kier molecular flexibility index (Phi) is 4.44. The van der Waals surface area contributed by atoms with Crippen LogP contribution in [0.5, 0.6) is 0 Å². The van der Waals surface area contributed by atoms with Gasteiger partial charge in [0, 0.05) is 17.7 Å². The van der Waals surface area contributed by atoms with E-state index in [0.29, 0.717) is 0 Å². The fraction of sp³-hybridized carbons (Fsp3) is 0.316. The SMILES string of the molecule is C[C@@]1(c2ccc(F)cc2)C(N)=N[C@@]2(c3cc([N+](=O)[O-])ccc3F)COC[C@H]2S1(=O)=O. The van der Waals surface area contributed by atoms with E-state index < -0.39 is 47.6 Å². The van der Waals surface area contributed by atoms with Crippen LogP contribution in [0.15, 0.2) is 47.5 Å². The zero-order valence-electron chi connectivity index (χ0n) is 15.7. The highest BCUT2D eigenvalue weighted by atomic mass is 32.2. The number of aliphatic imine (C=N–C) groups is 1. The van der Waals surface area contributed by atoms with Crippen LogP contribution in [-0.2, 0) is 24.9 Å². The van der Waals surface area contributed by atoms with Gasteiger partial charge in [0.15, 0.2) is 14.6 Å². The molecule has 8 nitrogen and oxygen atoms in total. The first-order valence-electron chi connectivity index (χ1n) is 8.91. The third-order valence-electron chi connectivity index (χ3n) is 5.90. The largest absolute Gasteiger partial charge is 0.386 e. The number of ether oxygens (including phenoxy) is 1. The van der Waals surface area contributed by atoms with E-state index in [4.69, 9.17) is 10.5 Å². The van der Waals surface area contributed by atoms with Crippen LogP contribution < -0.4 is 5.73 Å². The van der Waals surface area contributed by atoms with Gasteiger partial charge in [-0.3, -0.25) is 15.1 Å². The minimum absolute atomic E-state index is 0.199. The first-order valence-corrected chi connectivity index (χ1v) is 10.5. The van der Waals surface area contributed by atoms with Gasteiger partial charge in [0.1, 0.15) is 28.3 Å². The van der Waals surface area contributed by atoms with E-state index in [1.54, 1.807) is 0 Å². The van der Waals surface area contributed by atoms with Crippen molar-refractivity contribution in [2.75, 3.05) is 13.2 Å². The average molecular weight is 437 g/mol. The lowest BCUT2D eigenvalue weighted by Gasteiger charge is -2.42. The molecule has 11 heteroatoms. The molecule has 0 saturated carbocycles. The quantitative estimate of drug-likeness (QED) is 0.580. The first-order chi connectivity index (χ1) is 14.0. The molecule has 0 radical (unpaired) electrons. The molecule has 0 bridgehead atoms. The maximum absolute atomic E-state index is 14.8. The smallest absolute Gasteiger partial charge is 0.270 e. The van der Waals surface area contributed by atoms with Crippen molar-refractivity contribution in [3.8, 4) is 0 Å². The van der Waals surface area contributed by atoms with Crippen LogP contribution in [0.1, 0.15) is 18.1 Å². The van der Waals surface area contributed by atoms with Crippen molar-refractivity contribution in [3.05, 3.63) is 75.3 Å². The van der Waals surface area contributed by atoms with E-state index in [1.807, 2.05) is 0 Å². The number of fused-ring (bicyclic) bond motifs is 1. The second-order valence-corrected chi connectivity index (χ2v) is 9.91. The van der Waals surface area contributed by atoms with Crippen molar-refractivity contribution in [3.63, 3.8) is 0 Å². The molecule has 2 heterocycles. The zero-order chi connectivity index (χ0) is 21.9. The van der Waals surface area contributed by atoms with Crippen LogP contribution in [0.2, 0.25) is 0 Å². The van der Waals surface area contributed by atoms with Gasteiger partial charge in [-0.25, -0.2) is 17.2 Å². The van der Waals surface area contributed by atoms with Crippen LogP contribution in [-0.4, -0.2) is 37.6 Å². The van der Waals surface area contributed by atoms with Crippen LogP contribution >= 0.6 is 0 Å². The second kappa shape index (κ2) is 6.54. The number of nitro benzene ring substituents is 1. The summed E-state index contributed by atoms with van der Waals surface area (Å²) < 4.78 is 59.2. The molecule has 2 aliphatic heterocycles. The molecule has 1 fully saturated rings. The molecule has 158 valence electrons. The molecule has 0 amide bonds. The molecule has 3 atom stereocenters. The molecule has 0 aromatic heterocycles. The van der Waals surface area contributed by atoms with E-state index >= 15 is 0 Å². The van der Waals surface area contributed by atoms with Crippen molar-refractivity contribution >= 4 is 21.4 Å². The Hall–Kier alpha value is -2.92. The molecular formula is C19H17F2N3O5S. The number of nitrogens with zero attached hydrogens (tertiary/aromatic N) is 2. The van der Waals surface area contributed by atoms with Gasteiger partial charge < -0.3 is 10.5 Å². The predicted octanol–water partition coefficient (Wildman–Crippen LogP) is 2.17. The lowest BCUT2D eigenvalue weighted by Crippen LogP contribution is -2.60. The molecule has 4 rings (SSSR count). The van der Waals surface area contributed by atoms with Crippen molar-refractivity contribution in [1.82, 2.24) is 0 Å². The van der Waals surface area contributed by atoms with Crippen LogP contribution in [0.3, 0.4) is 0 Å². The summed E-state index contributed by atoms with van der Waals surface area (Å²) in [6.07, 6.45) is 0. The highest BCUT2D eigenvalue weighted by molar-refractivity contribution is 7.94. The van der Waals surface area contributed by atoms with Crippen molar-refractivity contribution in [2.45, 2.75) is 22.5 Å². The first kappa shape index (κ1) is 20.4. The minimum Gasteiger partial charge on any atom is -0.386 e. The fourth-order valence-corrected chi connectivity index (χ4v) is 6.51. The summed E-state index contributed by atoms with van der Waals surface area (Å²) in [5, 5.41) is 9.84. The summed E-state index contributed by atoms with van der Waals surface area (Å²) in [5.74, 6) is -1.74. The number of nitrogens with two attached hydrogens (primary N) is 1. The third kappa shape index (κ3) is 2.58. The summed E-state index contributed by atoms with van der Waals surface area (Å²) >= 11 is 0. The van der Waals surface area contributed by atoms with Gasteiger partial charge in [-0.05, 0) is 30.7 Å². The number of hydrogen-bond acceptors (Lipinski definition) is 7. The normalized spacial score (nSPS) is 29.8. The highest BCUT2D eigenvalue weighted by Crippen LogP contribution is 2.50. The predicted molar refractivity (Wildman–Crippen MR) is 104 cm³/mol.